The molecular weight excluding hydrogens is 335 g/mol. The van der Waals surface area contributed by atoms with Gasteiger partial charge in [-0.1, -0.05) is 12.1 Å². The maximum atomic E-state index is 12.5. The number of benzene rings is 1. The second-order valence-corrected chi connectivity index (χ2v) is 6.04. The zero-order valence-electron chi connectivity index (χ0n) is 12.9. The summed E-state index contributed by atoms with van der Waals surface area (Å²) in [6, 6.07) is 9.42. The van der Waals surface area contributed by atoms with Crippen LogP contribution in [0.5, 0.6) is 0 Å². The number of carbonyl (C=O) groups excluding carboxylic acids is 1. The molecule has 0 aliphatic carbocycles. The Labute approximate surface area is 141 Å². The predicted octanol–water partition coefficient (Wildman–Crippen LogP) is 2.76. The largest absolute Gasteiger partial charge is 0.417 e. The monoisotopic (exact) mass is 349 g/mol. The first-order valence-corrected chi connectivity index (χ1v) is 7.75. The number of carbonyl (C=O) groups is 1. The predicted molar refractivity (Wildman–Crippen MR) is 83.0 cm³/mol. The van der Waals surface area contributed by atoms with Crippen LogP contribution >= 0.6 is 0 Å². The fraction of sp³-hybridized carbons (Fsp3) is 0.294. The Morgan fingerprint density at radius 3 is 2.44 bits per heavy atom. The van der Waals surface area contributed by atoms with Crippen LogP contribution in [-0.2, 0) is 10.9 Å². The van der Waals surface area contributed by atoms with Crippen molar-refractivity contribution in [2.75, 3.05) is 11.9 Å². The zero-order valence-corrected chi connectivity index (χ0v) is 12.9. The molecule has 2 saturated heterocycles. The number of hydrogen-bond acceptors (Lipinski definition) is 4. The normalized spacial score (nSPS) is 24.7. The highest BCUT2D eigenvalue weighted by Gasteiger charge is 2.49. The lowest BCUT2D eigenvalue weighted by Crippen LogP contribution is -2.69. The Kier molecular flexibility index (Phi) is 3.73. The third-order valence-electron chi connectivity index (χ3n) is 4.42. The number of nitrogens with zero attached hydrogens (tertiary/aromatic N) is 1. The molecule has 1 amide bonds. The lowest BCUT2D eigenvalue weighted by Gasteiger charge is -2.53. The van der Waals surface area contributed by atoms with E-state index in [1.807, 2.05) is 12.1 Å². The van der Waals surface area contributed by atoms with E-state index in [1.54, 1.807) is 12.1 Å². The smallest absolute Gasteiger partial charge is 0.365 e. The highest BCUT2D eigenvalue weighted by Crippen LogP contribution is 2.39. The van der Waals surface area contributed by atoms with Crippen molar-refractivity contribution in [3.63, 3.8) is 0 Å². The van der Waals surface area contributed by atoms with E-state index in [0.717, 1.165) is 24.2 Å². The summed E-state index contributed by atoms with van der Waals surface area (Å²) in [5.41, 5.74) is 0.574. The molecule has 1 aromatic carbocycles. The van der Waals surface area contributed by atoms with Gasteiger partial charge in [0.15, 0.2) is 0 Å². The van der Waals surface area contributed by atoms with Crippen LogP contribution in [0.25, 0.3) is 0 Å². The van der Waals surface area contributed by atoms with Crippen molar-refractivity contribution in [2.24, 2.45) is 0 Å². The number of pyridine rings is 1. The van der Waals surface area contributed by atoms with Gasteiger partial charge >= 0.3 is 6.18 Å². The minimum Gasteiger partial charge on any atom is -0.365 e. The van der Waals surface area contributed by atoms with Crippen LogP contribution in [0.1, 0.15) is 27.7 Å². The Morgan fingerprint density at radius 2 is 1.96 bits per heavy atom. The molecule has 2 N–H and O–H groups in total. The van der Waals surface area contributed by atoms with Gasteiger partial charge in [0.1, 0.15) is 11.8 Å². The summed E-state index contributed by atoms with van der Waals surface area (Å²) in [5.74, 6) is -0.568. The number of rotatable bonds is 3. The number of morpholine rings is 1. The van der Waals surface area contributed by atoms with Crippen LogP contribution in [0, 0.1) is 0 Å². The molecule has 0 spiro atoms. The number of ether oxygens (including phenoxy) is 1. The van der Waals surface area contributed by atoms with Gasteiger partial charge in [-0.2, -0.15) is 13.2 Å². The van der Waals surface area contributed by atoms with Crippen LogP contribution in [0.3, 0.4) is 0 Å². The Balaban J connectivity index is 1.40. The number of hydrogen-bond donors (Lipinski definition) is 2. The van der Waals surface area contributed by atoms with E-state index in [0.29, 0.717) is 24.0 Å². The minimum absolute atomic E-state index is 0.0279. The molecule has 2 aromatic rings. The third kappa shape index (κ3) is 2.98. The van der Waals surface area contributed by atoms with E-state index in [-0.39, 0.29) is 11.8 Å². The van der Waals surface area contributed by atoms with Crippen molar-refractivity contribution < 1.29 is 22.7 Å². The topological polar surface area (TPSA) is 63.2 Å². The van der Waals surface area contributed by atoms with E-state index < -0.39 is 17.6 Å². The van der Waals surface area contributed by atoms with Gasteiger partial charge in [0.2, 0.25) is 0 Å². The molecule has 3 heterocycles. The van der Waals surface area contributed by atoms with Crippen LogP contribution in [0.4, 0.5) is 18.9 Å². The molecule has 25 heavy (non-hydrogen) atoms. The first kappa shape index (κ1) is 16.0. The van der Waals surface area contributed by atoms with Gasteiger partial charge in [0.25, 0.3) is 5.91 Å². The number of halogens is 3. The molecule has 3 atom stereocenters. The van der Waals surface area contributed by atoms with Gasteiger partial charge in [-0.05, 0) is 29.8 Å². The molecule has 0 saturated carbocycles. The lowest BCUT2D eigenvalue weighted by molar-refractivity contribution is -0.203. The quantitative estimate of drug-likeness (QED) is 0.894. The molecule has 1 unspecified atom stereocenters. The molecule has 0 radical (unpaired) electrons. The molecule has 8 heteroatoms. The highest BCUT2D eigenvalue weighted by molar-refractivity contribution is 6.02. The molecule has 130 valence electrons. The SMILES string of the molecule is O=C(Nc1ccc([C@@H]2OC3CN[C@H]32)cc1)c1ccc(C(F)(F)F)cn1. The molecule has 1 aromatic heterocycles. The number of aromatic nitrogens is 1. The minimum atomic E-state index is -4.48. The third-order valence-corrected chi connectivity index (χ3v) is 4.42. The Morgan fingerprint density at radius 1 is 1.20 bits per heavy atom. The summed E-state index contributed by atoms with van der Waals surface area (Å²) in [5, 5.41) is 5.91. The summed E-state index contributed by atoms with van der Waals surface area (Å²) in [6.07, 6.45) is -3.50. The molecule has 2 aliphatic rings. The number of amides is 1. The zero-order chi connectivity index (χ0) is 17.6. The fourth-order valence-electron chi connectivity index (χ4n) is 2.90. The van der Waals surface area contributed by atoms with Crippen molar-refractivity contribution >= 4 is 11.6 Å². The van der Waals surface area contributed by atoms with Gasteiger partial charge in [-0.15, -0.1) is 0 Å². The second kappa shape index (κ2) is 5.82. The number of alkyl halides is 3. The highest BCUT2D eigenvalue weighted by atomic mass is 19.4. The molecule has 0 bridgehead atoms. The number of nitrogens with one attached hydrogen (secondary N) is 2. The van der Waals surface area contributed by atoms with Crippen LogP contribution in [0.15, 0.2) is 42.6 Å². The van der Waals surface area contributed by atoms with Crippen molar-refractivity contribution in [2.45, 2.75) is 24.4 Å². The molecule has 4 rings (SSSR count). The van der Waals surface area contributed by atoms with E-state index in [4.69, 9.17) is 4.74 Å². The van der Waals surface area contributed by atoms with Gasteiger partial charge in [-0.3, -0.25) is 9.78 Å². The lowest BCUT2D eigenvalue weighted by atomic mass is 9.86. The Bertz CT molecular complexity index is 790. The van der Waals surface area contributed by atoms with Crippen molar-refractivity contribution in [1.29, 1.82) is 0 Å². The van der Waals surface area contributed by atoms with E-state index >= 15 is 0 Å². The van der Waals surface area contributed by atoms with E-state index in [9.17, 15) is 18.0 Å². The number of fused-ring (bicyclic) bond motifs is 1. The first-order chi connectivity index (χ1) is 11.9. The van der Waals surface area contributed by atoms with Crippen molar-refractivity contribution in [3.05, 3.63) is 59.4 Å². The first-order valence-electron chi connectivity index (χ1n) is 7.75. The van der Waals surface area contributed by atoms with Gasteiger partial charge in [0.05, 0.1) is 17.7 Å². The van der Waals surface area contributed by atoms with Crippen molar-refractivity contribution in [3.8, 4) is 0 Å². The van der Waals surface area contributed by atoms with E-state index in [1.165, 1.54) is 0 Å². The average Bonchev–Trinajstić information content (AvgIpc) is 2.57. The summed E-state index contributed by atoms with van der Waals surface area (Å²) in [6.45, 7) is 0.884. The molecule has 2 fully saturated rings. The Hall–Kier alpha value is -2.45. The van der Waals surface area contributed by atoms with Gasteiger partial charge in [0, 0.05) is 18.4 Å². The summed E-state index contributed by atoms with van der Waals surface area (Å²) in [4.78, 5) is 15.7. The number of anilines is 1. The van der Waals surface area contributed by atoms with Crippen molar-refractivity contribution in [1.82, 2.24) is 10.3 Å². The summed E-state index contributed by atoms with van der Waals surface area (Å²) >= 11 is 0. The summed E-state index contributed by atoms with van der Waals surface area (Å²) in [7, 11) is 0. The maximum absolute atomic E-state index is 12.5. The second-order valence-electron chi connectivity index (χ2n) is 6.04. The van der Waals surface area contributed by atoms with Crippen LogP contribution < -0.4 is 10.6 Å². The average molecular weight is 349 g/mol. The molecule has 5 nitrogen and oxygen atoms in total. The van der Waals surface area contributed by atoms with Gasteiger partial charge in [-0.25, -0.2) is 0 Å². The van der Waals surface area contributed by atoms with Crippen LogP contribution in [-0.4, -0.2) is 29.6 Å². The van der Waals surface area contributed by atoms with E-state index in [2.05, 4.69) is 15.6 Å². The molecular formula is C17H14F3N3O2. The fourth-order valence-corrected chi connectivity index (χ4v) is 2.90. The van der Waals surface area contributed by atoms with Gasteiger partial charge < -0.3 is 15.4 Å². The van der Waals surface area contributed by atoms with Crippen LogP contribution in [0.2, 0.25) is 0 Å². The standard InChI is InChI=1S/C17H14F3N3O2/c18-17(19,20)10-3-6-12(21-7-10)16(24)23-11-4-1-9(2-5-11)15-14-13(25-15)8-22-14/h1-7,13-15,22H,8H2,(H,23,24)/t13?,14-,15+/m1/s1. The summed E-state index contributed by atoms with van der Waals surface area (Å²) < 4.78 is 43.2. The maximum Gasteiger partial charge on any atom is 0.417 e. The molecule has 2 aliphatic heterocycles.